The molecular weight excluding hydrogens is 478 g/mol. The monoisotopic (exact) mass is 505 g/mol. The molecule has 2 heterocycles. The van der Waals surface area contributed by atoms with Crippen LogP contribution in [0, 0.1) is 11.3 Å². The average molecular weight is 506 g/mol. The fraction of sp³-hybridized carbons (Fsp3) is 0.269. The van der Waals surface area contributed by atoms with E-state index in [4.69, 9.17) is 15.2 Å². The van der Waals surface area contributed by atoms with E-state index in [-0.39, 0.29) is 12.5 Å². The number of hydrogen-bond acceptors (Lipinski definition) is 8. The van der Waals surface area contributed by atoms with Gasteiger partial charge in [0.05, 0.1) is 30.2 Å². The number of nitrogen functional groups attached to an aromatic ring is 1. The van der Waals surface area contributed by atoms with E-state index in [1.165, 1.54) is 11.3 Å². The summed E-state index contributed by atoms with van der Waals surface area (Å²) in [6, 6.07) is 18.2. The average Bonchev–Trinajstić information content (AvgIpc) is 3.27. The number of rotatable bonds is 8. The number of para-hydroxylation sites is 2. The van der Waals surface area contributed by atoms with Gasteiger partial charge in [-0.2, -0.15) is 5.26 Å². The maximum Gasteiger partial charge on any atom is 0.412 e. The summed E-state index contributed by atoms with van der Waals surface area (Å²) in [4.78, 5) is 27.8. The van der Waals surface area contributed by atoms with E-state index in [0.29, 0.717) is 53.7 Å². The standard InChI is InChI=1S/C26H27N5O4S/c27-17-20-16-21(36-25(20)30-26(33)35-14-11-31-9-12-34-13-10-31)15-18-5-7-19(8-6-18)24(32)29-23-4-2-1-3-22(23)28/h1-8,16H,9-15,28H2,(H,29,32)(H,30,33). The highest BCUT2D eigenvalue weighted by Gasteiger charge is 2.15. The Morgan fingerprint density at radius 3 is 2.58 bits per heavy atom. The second kappa shape index (κ2) is 12.2. The van der Waals surface area contributed by atoms with Crippen LogP contribution in [0.25, 0.3) is 0 Å². The van der Waals surface area contributed by atoms with Crippen LogP contribution in [-0.4, -0.2) is 56.4 Å². The lowest BCUT2D eigenvalue weighted by Crippen LogP contribution is -2.38. The molecule has 1 fully saturated rings. The van der Waals surface area contributed by atoms with Crippen molar-refractivity contribution >= 4 is 39.7 Å². The van der Waals surface area contributed by atoms with Crippen molar-refractivity contribution < 1.29 is 19.1 Å². The highest BCUT2D eigenvalue weighted by Crippen LogP contribution is 2.29. The number of nitriles is 1. The first-order chi connectivity index (χ1) is 17.5. The number of nitrogens with two attached hydrogens (primary N) is 1. The Hall–Kier alpha value is -3.91. The number of benzene rings is 2. The lowest BCUT2D eigenvalue weighted by atomic mass is 10.1. The number of thiophene rings is 1. The molecule has 1 aromatic heterocycles. The number of carbonyl (C=O) groups excluding carboxylic acids is 2. The molecule has 0 spiro atoms. The highest BCUT2D eigenvalue weighted by molar-refractivity contribution is 7.16. The van der Waals surface area contributed by atoms with E-state index in [9.17, 15) is 14.9 Å². The molecule has 3 aromatic rings. The van der Waals surface area contributed by atoms with E-state index in [1.54, 1.807) is 42.5 Å². The third-order valence-corrected chi connectivity index (χ3v) is 6.72. The van der Waals surface area contributed by atoms with Crippen molar-refractivity contribution in [2.75, 3.05) is 55.8 Å². The van der Waals surface area contributed by atoms with Crippen molar-refractivity contribution in [1.29, 1.82) is 5.26 Å². The molecule has 0 unspecified atom stereocenters. The molecule has 0 radical (unpaired) electrons. The second-order valence-corrected chi connectivity index (χ2v) is 9.33. The summed E-state index contributed by atoms with van der Waals surface area (Å²) in [5.41, 5.74) is 8.82. The largest absolute Gasteiger partial charge is 0.448 e. The van der Waals surface area contributed by atoms with Gasteiger partial charge in [0.1, 0.15) is 17.7 Å². The van der Waals surface area contributed by atoms with Crippen LogP contribution in [0.5, 0.6) is 0 Å². The van der Waals surface area contributed by atoms with Crippen LogP contribution in [0.3, 0.4) is 0 Å². The molecule has 0 aliphatic carbocycles. The van der Waals surface area contributed by atoms with E-state index in [0.717, 1.165) is 23.5 Å². The Morgan fingerprint density at radius 2 is 1.86 bits per heavy atom. The van der Waals surface area contributed by atoms with Crippen molar-refractivity contribution in [3.63, 3.8) is 0 Å². The molecule has 186 valence electrons. The molecule has 0 saturated carbocycles. The Bertz CT molecular complexity index is 1250. The van der Waals surface area contributed by atoms with Crippen molar-refractivity contribution in [3.8, 4) is 6.07 Å². The van der Waals surface area contributed by atoms with E-state index in [2.05, 4.69) is 21.6 Å². The van der Waals surface area contributed by atoms with Crippen LogP contribution in [0.4, 0.5) is 21.2 Å². The predicted molar refractivity (Wildman–Crippen MR) is 139 cm³/mol. The van der Waals surface area contributed by atoms with Crippen LogP contribution >= 0.6 is 11.3 Å². The summed E-state index contributed by atoms with van der Waals surface area (Å²) >= 11 is 1.33. The zero-order valence-corrected chi connectivity index (χ0v) is 20.5. The van der Waals surface area contributed by atoms with Gasteiger partial charge < -0.3 is 20.5 Å². The number of nitrogens with one attached hydrogen (secondary N) is 2. The maximum absolute atomic E-state index is 12.5. The lowest BCUT2D eigenvalue weighted by molar-refractivity contribution is 0.0290. The van der Waals surface area contributed by atoms with Gasteiger partial charge in [0.2, 0.25) is 0 Å². The Morgan fingerprint density at radius 1 is 1.11 bits per heavy atom. The highest BCUT2D eigenvalue weighted by atomic mass is 32.1. The zero-order chi connectivity index (χ0) is 25.3. The summed E-state index contributed by atoms with van der Waals surface area (Å²) in [6.07, 6.45) is -0.0248. The fourth-order valence-electron chi connectivity index (χ4n) is 3.71. The van der Waals surface area contributed by atoms with Crippen LogP contribution in [0.1, 0.15) is 26.4 Å². The third-order valence-electron chi connectivity index (χ3n) is 5.67. The fourth-order valence-corrected chi connectivity index (χ4v) is 4.73. The summed E-state index contributed by atoms with van der Waals surface area (Å²) in [6.45, 7) is 3.94. The third kappa shape index (κ3) is 6.82. The number of ether oxygens (including phenoxy) is 2. The minimum absolute atomic E-state index is 0.249. The zero-order valence-electron chi connectivity index (χ0n) is 19.7. The number of hydrogen-bond donors (Lipinski definition) is 3. The van der Waals surface area contributed by atoms with E-state index in [1.807, 2.05) is 12.1 Å². The molecule has 36 heavy (non-hydrogen) atoms. The van der Waals surface area contributed by atoms with Gasteiger partial charge in [0.15, 0.2) is 0 Å². The SMILES string of the molecule is N#Cc1cc(Cc2ccc(C(=O)Nc3ccccc3N)cc2)sc1NC(=O)OCCN1CCOCC1. The molecule has 1 saturated heterocycles. The van der Waals surface area contributed by atoms with Gasteiger partial charge in [-0.1, -0.05) is 24.3 Å². The van der Waals surface area contributed by atoms with Gasteiger partial charge in [0.25, 0.3) is 5.91 Å². The Labute approximate surface area is 213 Å². The van der Waals surface area contributed by atoms with Crippen molar-refractivity contribution in [2.45, 2.75) is 6.42 Å². The van der Waals surface area contributed by atoms with Crippen LogP contribution in [0.15, 0.2) is 54.6 Å². The number of anilines is 3. The molecule has 9 nitrogen and oxygen atoms in total. The minimum Gasteiger partial charge on any atom is -0.448 e. The summed E-state index contributed by atoms with van der Waals surface area (Å²) in [5, 5.41) is 15.4. The minimum atomic E-state index is -0.581. The quantitative estimate of drug-likeness (QED) is 0.396. The lowest BCUT2D eigenvalue weighted by Gasteiger charge is -2.26. The Kier molecular flexibility index (Phi) is 8.52. The van der Waals surface area contributed by atoms with E-state index < -0.39 is 6.09 Å². The molecule has 2 amide bonds. The summed E-state index contributed by atoms with van der Waals surface area (Å²) < 4.78 is 10.6. The van der Waals surface area contributed by atoms with Crippen molar-refractivity contribution in [1.82, 2.24) is 4.90 Å². The molecule has 1 aliphatic rings. The molecule has 0 atom stereocenters. The molecule has 2 aromatic carbocycles. The molecule has 10 heteroatoms. The molecule has 0 bridgehead atoms. The first-order valence-corrected chi connectivity index (χ1v) is 12.3. The van der Waals surface area contributed by atoms with Gasteiger partial charge in [-0.3, -0.25) is 15.0 Å². The van der Waals surface area contributed by atoms with Crippen LogP contribution in [-0.2, 0) is 15.9 Å². The predicted octanol–water partition coefficient (Wildman–Crippen LogP) is 3.93. The topological polar surface area (TPSA) is 130 Å². The number of amides is 2. The number of morpholine rings is 1. The number of carbonyl (C=O) groups is 2. The van der Waals surface area contributed by atoms with Gasteiger partial charge in [-0.15, -0.1) is 11.3 Å². The van der Waals surface area contributed by atoms with Gasteiger partial charge >= 0.3 is 6.09 Å². The number of nitrogens with zero attached hydrogens (tertiary/aromatic N) is 2. The first kappa shape index (κ1) is 25.2. The van der Waals surface area contributed by atoms with Crippen molar-refractivity contribution in [2.24, 2.45) is 0 Å². The van der Waals surface area contributed by atoms with Gasteiger partial charge in [0, 0.05) is 36.5 Å². The molecule has 4 rings (SSSR count). The molecular formula is C26H27N5O4S. The first-order valence-electron chi connectivity index (χ1n) is 11.5. The molecule has 4 N–H and O–H groups in total. The van der Waals surface area contributed by atoms with Crippen LogP contribution in [0.2, 0.25) is 0 Å². The Balaban J connectivity index is 1.31. The maximum atomic E-state index is 12.5. The summed E-state index contributed by atoms with van der Waals surface area (Å²) in [5.74, 6) is -0.249. The van der Waals surface area contributed by atoms with Crippen LogP contribution < -0.4 is 16.4 Å². The van der Waals surface area contributed by atoms with Crippen molar-refractivity contribution in [3.05, 3.63) is 76.2 Å². The van der Waals surface area contributed by atoms with E-state index >= 15 is 0 Å². The van der Waals surface area contributed by atoms with Gasteiger partial charge in [-0.05, 0) is 35.9 Å². The molecule has 1 aliphatic heterocycles. The smallest absolute Gasteiger partial charge is 0.412 e. The summed E-state index contributed by atoms with van der Waals surface area (Å²) in [7, 11) is 0. The second-order valence-electron chi connectivity index (χ2n) is 8.20. The van der Waals surface area contributed by atoms with Gasteiger partial charge in [-0.25, -0.2) is 4.79 Å². The normalized spacial score (nSPS) is 13.5.